The lowest BCUT2D eigenvalue weighted by atomic mass is 10.0. The fraction of sp³-hybridized carbons (Fsp3) is 0.0909. The molecule has 0 atom stereocenters. The van der Waals surface area contributed by atoms with Crippen LogP contribution in [0.2, 0.25) is 0 Å². The largest absolute Gasteiger partial charge is 0.462 e. The minimum atomic E-state index is -0.704. The zero-order valence-corrected chi connectivity index (χ0v) is 15.1. The van der Waals surface area contributed by atoms with Crippen molar-refractivity contribution >= 4 is 17.8 Å². The number of esters is 1. The average Bonchev–Trinajstić information content (AvgIpc) is 3.18. The highest BCUT2D eigenvalue weighted by Crippen LogP contribution is 2.37. The summed E-state index contributed by atoms with van der Waals surface area (Å²) in [6.07, 6.45) is 1.52. The Hall–Kier alpha value is -3.67. The second-order valence-electron chi connectivity index (χ2n) is 6.40. The summed E-state index contributed by atoms with van der Waals surface area (Å²) < 4.78 is 29.7. The SMILES string of the molecule is Cc1ccc(/C=C2\Oc3cc(OC(=O)c4cccc(F)c4)cc(C)c3C2=O)o1. The van der Waals surface area contributed by atoms with Crippen molar-refractivity contribution in [1.82, 2.24) is 0 Å². The highest BCUT2D eigenvalue weighted by atomic mass is 19.1. The molecule has 3 aromatic rings. The van der Waals surface area contributed by atoms with Gasteiger partial charge in [-0.15, -0.1) is 0 Å². The van der Waals surface area contributed by atoms with E-state index < -0.39 is 11.8 Å². The van der Waals surface area contributed by atoms with Gasteiger partial charge in [-0.1, -0.05) is 6.07 Å². The van der Waals surface area contributed by atoms with Crippen LogP contribution in [0, 0.1) is 19.7 Å². The Balaban J connectivity index is 1.61. The molecular formula is C22H15FO5. The zero-order valence-electron chi connectivity index (χ0n) is 15.1. The van der Waals surface area contributed by atoms with Crippen LogP contribution in [-0.2, 0) is 0 Å². The van der Waals surface area contributed by atoms with E-state index in [0.29, 0.717) is 22.6 Å². The van der Waals surface area contributed by atoms with Crippen LogP contribution in [0.5, 0.6) is 11.5 Å². The van der Waals surface area contributed by atoms with Crippen LogP contribution < -0.4 is 9.47 Å². The number of carbonyl (C=O) groups is 2. The number of ether oxygens (including phenoxy) is 2. The lowest BCUT2D eigenvalue weighted by molar-refractivity contribution is 0.0734. The predicted molar refractivity (Wildman–Crippen MR) is 98.9 cm³/mol. The van der Waals surface area contributed by atoms with Gasteiger partial charge in [0.2, 0.25) is 5.78 Å². The first-order valence-corrected chi connectivity index (χ1v) is 8.54. The molecule has 0 unspecified atom stereocenters. The van der Waals surface area contributed by atoms with Gasteiger partial charge in [-0.2, -0.15) is 0 Å². The van der Waals surface area contributed by atoms with E-state index in [0.717, 1.165) is 11.8 Å². The highest BCUT2D eigenvalue weighted by molar-refractivity contribution is 6.15. The molecule has 1 aliphatic rings. The molecule has 0 radical (unpaired) electrons. The van der Waals surface area contributed by atoms with Crippen molar-refractivity contribution in [2.75, 3.05) is 0 Å². The number of hydrogen-bond acceptors (Lipinski definition) is 5. The Morgan fingerprint density at radius 2 is 1.93 bits per heavy atom. The van der Waals surface area contributed by atoms with Crippen molar-refractivity contribution < 1.29 is 27.9 Å². The Labute approximate surface area is 160 Å². The van der Waals surface area contributed by atoms with Crippen LogP contribution in [0.4, 0.5) is 4.39 Å². The van der Waals surface area contributed by atoms with Crippen molar-refractivity contribution in [3.63, 3.8) is 0 Å². The first-order valence-electron chi connectivity index (χ1n) is 8.54. The van der Waals surface area contributed by atoms with Gasteiger partial charge in [0, 0.05) is 12.1 Å². The molecule has 0 bridgehead atoms. The number of ketones is 1. The summed E-state index contributed by atoms with van der Waals surface area (Å²) in [7, 11) is 0. The minimum Gasteiger partial charge on any atom is -0.462 e. The lowest BCUT2D eigenvalue weighted by Crippen LogP contribution is -2.09. The molecule has 0 amide bonds. The summed E-state index contributed by atoms with van der Waals surface area (Å²) in [6, 6.07) is 11.8. The molecule has 0 aliphatic carbocycles. The molecule has 4 rings (SSSR count). The molecule has 0 saturated carbocycles. The quantitative estimate of drug-likeness (QED) is 0.370. The first-order chi connectivity index (χ1) is 13.4. The standard InChI is InChI=1S/C22H15FO5/c1-12-8-17(27-22(25)14-4-3-5-15(23)9-14)11-18-20(12)21(24)19(28-18)10-16-7-6-13(2)26-16/h3-11H,1-2H3/b19-10-. The fourth-order valence-corrected chi connectivity index (χ4v) is 2.98. The third-order valence-corrected chi connectivity index (χ3v) is 4.25. The van der Waals surface area contributed by atoms with Crippen LogP contribution >= 0.6 is 0 Å². The normalized spacial score (nSPS) is 14.1. The summed E-state index contributed by atoms with van der Waals surface area (Å²) in [5.41, 5.74) is 1.09. The number of aryl methyl sites for hydroxylation is 2. The topological polar surface area (TPSA) is 65.7 Å². The maximum Gasteiger partial charge on any atom is 0.343 e. The molecular weight excluding hydrogens is 363 g/mol. The smallest absolute Gasteiger partial charge is 0.343 e. The van der Waals surface area contributed by atoms with Crippen molar-refractivity contribution in [3.05, 3.63) is 88.3 Å². The van der Waals surface area contributed by atoms with Gasteiger partial charge >= 0.3 is 5.97 Å². The average molecular weight is 378 g/mol. The molecule has 6 heteroatoms. The Bertz CT molecular complexity index is 1140. The molecule has 0 saturated heterocycles. The summed E-state index contributed by atoms with van der Waals surface area (Å²) in [5.74, 6) is 0.337. The number of Topliss-reactive ketones (excluding diaryl/α,β-unsaturated/α-hetero) is 1. The second kappa shape index (κ2) is 6.81. The number of halogens is 1. The van der Waals surface area contributed by atoms with Crippen LogP contribution in [0.1, 0.15) is 37.8 Å². The Morgan fingerprint density at radius 3 is 2.64 bits per heavy atom. The molecule has 140 valence electrons. The van der Waals surface area contributed by atoms with Gasteiger partial charge in [-0.25, -0.2) is 9.18 Å². The van der Waals surface area contributed by atoms with Gasteiger partial charge in [0.15, 0.2) is 5.76 Å². The van der Waals surface area contributed by atoms with E-state index in [9.17, 15) is 14.0 Å². The molecule has 1 aliphatic heterocycles. The van der Waals surface area contributed by atoms with Crippen LogP contribution in [-0.4, -0.2) is 11.8 Å². The van der Waals surface area contributed by atoms with Crippen molar-refractivity contribution in [1.29, 1.82) is 0 Å². The van der Waals surface area contributed by atoms with Crippen molar-refractivity contribution in [2.24, 2.45) is 0 Å². The van der Waals surface area contributed by atoms with Crippen LogP contribution in [0.3, 0.4) is 0 Å². The van der Waals surface area contributed by atoms with Gasteiger partial charge in [0.1, 0.15) is 28.8 Å². The fourth-order valence-electron chi connectivity index (χ4n) is 2.98. The van der Waals surface area contributed by atoms with Gasteiger partial charge in [-0.3, -0.25) is 4.79 Å². The van der Waals surface area contributed by atoms with Gasteiger partial charge < -0.3 is 13.9 Å². The minimum absolute atomic E-state index is 0.0870. The van der Waals surface area contributed by atoms with Gasteiger partial charge in [0.25, 0.3) is 0 Å². The Morgan fingerprint density at radius 1 is 1.11 bits per heavy atom. The second-order valence-corrected chi connectivity index (χ2v) is 6.40. The Kier molecular flexibility index (Phi) is 4.31. The summed E-state index contributed by atoms with van der Waals surface area (Å²) in [6.45, 7) is 3.52. The molecule has 28 heavy (non-hydrogen) atoms. The van der Waals surface area contributed by atoms with E-state index in [1.165, 1.54) is 30.3 Å². The van der Waals surface area contributed by atoms with Gasteiger partial charge in [0.05, 0.1) is 11.1 Å². The zero-order chi connectivity index (χ0) is 19.8. The number of allylic oxidation sites excluding steroid dienone is 1. The number of furan rings is 1. The third kappa shape index (κ3) is 3.32. The van der Waals surface area contributed by atoms with E-state index in [-0.39, 0.29) is 22.9 Å². The number of rotatable bonds is 3. The maximum absolute atomic E-state index is 13.3. The van der Waals surface area contributed by atoms with Crippen LogP contribution in [0.25, 0.3) is 6.08 Å². The maximum atomic E-state index is 13.3. The van der Waals surface area contributed by atoms with E-state index in [4.69, 9.17) is 13.9 Å². The van der Waals surface area contributed by atoms with E-state index in [2.05, 4.69) is 0 Å². The summed E-state index contributed by atoms with van der Waals surface area (Å²) in [4.78, 5) is 24.9. The number of benzene rings is 2. The van der Waals surface area contributed by atoms with E-state index in [1.54, 1.807) is 32.0 Å². The number of fused-ring (bicyclic) bond motifs is 1. The third-order valence-electron chi connectivity index (χ3n) is 4.25. The van der Waals surface area contributed by atoms with Crippen LogP contribution in [0.15, 0.2) is 58.7 Å². The molecule has 0 spiro atoms. The first kappa shape index (κ1) is 17.7. The molecule has 2 heterocycles. The summed E-state index contributed by atoms with van der Waals surface area (Å²) >= 11 is 0. The monoisotopic (exact) mass is 378 g/mol. The molecule has 2 aromatic carbocycles. The predicted octanol–water partition coefficient (Wildman–Crippen LogP) is 4.87. The molecule has 0 N–H and O–H groups in total. The van der Waals surface area contributed by atoms with Gasteiger partial charge in [-0.05, 0) is 55.8 Å². The van der Waals surface area contributed by atoms with Crippen molar-refractivity contribution in [2.45, 2.75) is 13.8 Å². The molecule has 5 nitrogen and oxygen atoms in total. The lowest BCUT2D eigenvalue weighted by Gasteiger charge is -2.08. The number of carbonyl (C=O) groups excluding carboxylic acids is 2. The van der Waals surface area contributed by atoms with E-state index >= 15 is 0 Å². The van der Waals surface area contributed by atoms with E-state index in [1.807, 2.05) is 0 Å². The molecule has 0 fully saturated rings. The number of hydrogen-bond donors (Lipinski definition) is 0. The van der Waals surface area contributed by atoms with Crippen molar-refractivity contribution in [3.8, 4) is 11.5 Å². The highest BCUT2D eigenvalue weighted by Gasteiger charge is 2.30. The molecule has 1 aromatic heterocycles. The summed E-state index contributed by atoms with van der Waals surface area (Å²) in [5, 5.41) is 0.